The summed E-state index contributed by atoms with van der Waals surface area (Å²) in [6.45, 7) is 7.84. The largest absolute Gasteiger partial charge is 0.361 e. The molecule has 156 valence electrons. The number of likely N-dealkylation sites (tertiary alicyclic amines) is 1. The number of nitrogens with zero attached hydrogens (tertiary/aromatic N) is 2. The molecule has 2 aromatic rings. The Morgan fingerprint density at radius 2 is 1.97 bits per heavy atom. The lowest BCUT2D eigenvalue weighted by molar-refractivity contribution is -0.126. The maximum atomic E-state index is 13.1. The van der Waals surface area contributed by atoms with Crippen LogP contribution >= 0.6 is 11.8 Å². The fraction of sp³-hybridized carbons (Fsp3) is 0.500. The van der Waals surface area contributed by atoms with Crippen LogP contribution in [0.3, 0.4) is 0 Å². The molecule has 0 radical (unpaired) electrons. The molecule has 2 amide bonds. The number of thioether (sulfide) groups is 1. The van der Waals surface area contributed by atoms with E-state index >= 15 is 0 Å². The first kappa shape index (κ1) is 21.4. The van der Waals surface area contributed by atoms with Gasteiger partial charge in [-0.3, -0.25) is 9.59 Å². The number of benzene rings is 1. The molecule has 0 unspecified atom stereocenters. The van der Waals surface area contributed by atoms with Gasteiger partial charge in [-0.1, -0.05) is 24.2 Å². The van der Waals surface area contributed by atoms with E-state index in [2.05, 4.69) is 10.5 Å². The van der Waals surface area contributed by atoms with Gasteiger partial charge in [0.1, 0.15) is 5.76 Å². The molecule has 29 heavy (non-hydrogen) atoms. The molecular weight excluding hydrogens is 386 g/mol. The monoisotopic (exact) mass is 415 g/mol. The van der Waals surface area contributed by atoms with Gasteiger partial charge in [-0.2, -0.15) is 0 Å². The molecule has 0 bridgehead atoms. The van der Waals surface area contributed by atoms with Crippen LogP contribution in [0.5, 0.6) is 0 Å². The predicted octanol–water partition coefficient (Wildman–Crippen LogP) is 3.96. The third-order valence-electron chi connectivity index (χ3n) is 5.37. The van der Waals surface area contributed by atoms with Gasteiger partial charge in [0.2, 0.25) is 5.91 Å². The molecule has 2 heterocycles. The number of piperidine rings is 1. The second kappa shape index (κ2) is 9.96. The zero-order chi connectivity index (χ0) is 20.8. The number of rotatable bonds is 7. The van der Waals surface area contributed by atoms with Crippen molar-refractivity contribution < 1.29 is 14.1 Å². The van der Waals surface area contributed by atoms with Crippen molar-refractivity contribution in [2.45, 2.75) is 50.7 Å². The number of nitrogens with one attached hydrogen (secondary N) is 1. The van der Waals surface area contributed by atoms with Gasteiger partial charge in [0.05, 0.1) is 11.3 Å². The number of hydrogen-bond acceptors (Lipinski definition) is 5. The second-order valence-electron chi connectivity index (χ2n) is 7.45. The first-order valence-electron chi connectivity index (χ1n) is 10.2. The van der Waals surface area contributed by atoms with E-state index in [9.17, 15) is 9.59 Å². The van der Waals surface area contributed by atoms with Crippen molar-refractivity contribution in [3.8, 4) is 0 Å². The molecule has 0 saturated carbocycles. The number of carbonyl (C=O) groups is 2. The van der Waals surface area contributed by atoms with Crippen LogP contribution in [0.15, 0.2) is 33.7 Å². The van der Waals surface area contributed by atoms with Crippen molar-refractivity contribution in [2.24, 2.45) is 5.92 Å². The third-order valence-corrected chi connectivity index (χ3v) is 6.47. The number of carbonyl (C=O) groups excluding carboxylic acids is 2. The van der Waals surface area contributed by atoms with Gasteiger partial charge < -0.3 is 14.7 Å². The summed E-state index contributed by atoms with van der Waals surface area (Å²) in [4.78, 5) is 28.2. The van der Waals surface area contributed by atoms with Gasteiger partial charge in [0.15, 0.2) is 0 Å². The summed E-state index contributed by atoms with van der Waals surface area (Å²) in [5.74, 6) is 1.70. The van der Waals surface area contributed by atoms with Crippen molar-refractivity contribution in [2.75, 3.05) is 19.6 Å². The van der Waals surface area contributed by atoms with Gasteiger partial charge in [-0.15, -0.1) is 11.8 Å². The highest BCUT2D eigenvalue weighted by molar-refractivity contribution is 7.98. The predicted molar refractivity (Wildman–Crippen MR) is 114 cm³/mol. The maximum Gasteiger partial charge on any atom is 0.254 e. The van der Waals surface area contributed by atoms with Crippen LogP contribution in [0.25, 0.3) is 0 Å². The summed E-state index contributed by atoms with van der Waals surface area (Å²) in [5.41, 5.74) is 2.69. The van der Waals surface area contributed by atoms with E-state index in [1.165, 1.54) is 0 Å². The molecule has 1 aliphatic rings. The van der Waals surface area contributed by atoms with Crippen LogP contribution in [0.1, 0.15) is 53.6 Å². The minimum absolute atomic E-state index is 0.00904. The summed E-state index contributed by atoms with van der Waals surface area (Å²) in [6.07, 6.45) is 2.37. The quantitative estimate of drug-likeness (QED) is 0.693. The molecule has 0 spiro atoms. The van der Waals surface area contributed by atoms with Gasteiger partial charge in [0.25, 0.3) is 5.91 Å². The summed E-state index contributed by atoms with van der Waals surface area (Å²) < 4.78 is 5.24. The standard InChI is InChI=1S/C22H29N3O3S/c1-4-11-23-21(26)17-9-12-25(13-10-17)22(27)18-7-5-6-8-20(18)29-14-19-15(2)24-28-16(19)3/h5-8,17H,4,9-14H2,1-3H3,(H,23,26). The summed E-state index contributed by atoms with van der Waals surface area (Å²) in [6, 6.07) is 7.73. The molecule has 1 saturated heterocycles. The van der Waals surface area contributed by atoms with E-state index in [0.29, 0.717) is 25.4 Å². The molecule has 6 nitrogen and oxygen atoms in total. The van der Waals surface area contributed by atoms with Crippen molar-refractivity contribution in [1.82, 2.24) is 15.4 Å². The molecule has 1 fully saturated rings. The van der Waals surface area contributed by atoms with Crippen LogP contribution in [0, 0.1) is 19.8 Å². The minimum atomic E-state index is 0.00904. The van der Waals surface area contributed by atoms with Gasteiger partial charge in [0, 0.05) is 41.8 Å². The van der Waals surface area contributed by atoms with E-state index in [1.54, 1.807) is 11.8 Å². The Labute approximate surface area is 176 Å². The Bertz CT molecular complexity index is 837. The summed E-state index contributed by atoms with van der Waals surface area (Å²) in [5, 5.41) is 6.97. The van der Waals surface area contributed by atoms with Crippen molar-refractivity contribution in [3.63, 3.8) is 0 Å². The molecule has 3 rings (SSSR count). The number of aryl methyl sites for hydroxylation is 2. The van der Waals surface area contributed by atoms with E-state index in [1.807, 2.05) is 49.9 Å². The number of aromatic nitrogens is 1. The zero-order valence-corrected chi connectivity index (χ0v) is 18.2. The van der Waals surface area contributed by atoms with Gasteiger partial charge in [-0.25, -0.2) is 0 Å². The smallest absolute Gasteiger partial charge is 0.254 e. The Hall–Kier alpha value is -2.28. The number of amides is 2. The first-order valence-corrected chi connectivity index (χ1v) is 11.2. The maximum absolute atomic E-state index is 13.1. The van der Waals surface area contributed by atoms with Gasteiger partial charge >= 0.3 is 0 Å². The van der Waals surface area contributed by atoms with Gasteiger partial charge in [-0.05, 0) is 45.2 Å². The molecule has 1 aromatic carbocycles. The highest BCUT2D eigenvalue weighted by atomic mass is 32.2. The Balaban J connectivity index is 1.62. The Morgan fingerprint density at radius 3 is 2.62 bits per heavy atom. The van der Waals surface area contributed by atoms with E-state index < -0.39 is 0 Å². The minimum Gasteiger partial charge on any atom is -0.361 e. The van der Waals surface area contributed by atoms with E-state index in [0.717, 1.165) is 46.7 Å². The highest BCUT2D eigenvalue weighted by Gasteiger charge is 2.28. The third kappa shape index (κ3) is 5.21. The zero-order valence-electron chi connectivity index (χ0n) is 17.4. The molecule has 1 aromatic heterocycles. The molecule has 1 aliphatic heterocycles. The second-order valence-corrected chi connectivity index (χ2v) is 8.46. The summed E-state index contributed by atoms with van der Waals surface area (Å²) in [7, 11) is 0. The molecule has 7 heteroatoms. The Morgan fingerprint density at radius 1 is 1.24 bits per heavy atom. The molecule has 0 atom stereocenters. The highest BCUT2D eigenvalue weighted by Crippen LogP contribution is 2.30. The SMILES string of the molecule is CCCNC(=O)C1CCN(C(=O)c2ccccc2SCc2c(C)noc2C)CC1. The first-order chi connectivity index (χ1) is 14.0. The van der Waals surface area contributed by atoms with Crippen LogP contribution in [0.2, 0.25) is 0 Å². The van der Waals surface area contributed by atoms with Crippen molar-refractivity contribution in [3.05, 3.63) is 46.8 Å². The lowest BCUT2D eigenvalue weighted by Crippen LogP contribution is -2.43. The fourth-order valence-electron chi connectivity index (χ4n) is 3.53. The topological polar surface area (TPSA) is 75.4 Å². The van der Waals surface area contributed by atoms with Crippen LogP contribution in [0.4, 0.5) is 0 Å². The normalized spacial score (nSPS) is 14.8. The fourth-order valence-corrected chi connectivity index (χ4v) is 4.73. The number of hydrogen-bond donors (Lipinski definition) is 1. The summed E-state index contributed by atoms with van der Waals surface area (Å²) >= 11 is 1.63. The Kier molecular flexibility index (Phi) is 7.36. The lowest BCUT2D eigenvalue weighted by atomic mass is 9.95. The van der Waals surface area contributed by atoms with Crippen LogP contribution in [-0.4, -0.2) is 41.5 Å². The average Bonchev–Trinajstić information content (AvgIpc) is 3.07. The molecular formula is C22H29N3O3S. The molecule has 1 N–H and O–H groups in total. The lowest BCUT2D eigenvalue weighted by Gasteiger charge is -2.31. The van der Waals surface area contributed by atoms with Crippen LogP contribution < -0.4 is 5.32 Å². The van der Waals surface area contributed by atoms with Crippen molar-refractivity contribution >= 4 is 23.6 Å². The van der Waals surface area contributed by atoms with Crippen molar-refractivity contribution in [1.29, 1.82) is 0 Å². The molecule has 0 aliphatic carbocycles. The average molecular weight is 416 g/mol. The van der Waals surface area contributed by atoms with E-state index in [-0.39, 0.29) is 17.7 Å². The van der Waals surface area contributed by atoms with E-state index in [4.69, 9.17) is 4.52 Å². The van der Waals surface area contributed by atoms with Crippen LogP contribution in [-0.2, 0) is 10.5 Å².